The smallest absolute Gasteiger partial charge is 0.0383 e. The Labute approximate surface area is 197 Å². The van der Waals surface area contributed by atoms with Gasteiger partial charge in [-0.05, 0) is 54.8 Å². The van der Waals surface area contributed by atoms with E-state index in [0.717, 1.165) is 35.5 Å². The van der Waals surface area contributed by atoms with Gasteiger partial charge in [-0.2, -0.15) is 0 Å². The second-order valence-corrected chi connectivity index (χ2v) is 12.3. The molecule has 0 N–H and O–H groups in total. The van der Waals surface area contributed by atoms with Gasteiger partial charge in [-0.3, -0.25) is 0 Å². The van der Waals surface area contributed by atoms with Crippen molar-refractivity contribution in [3.63, 3.8) is 0 Å². The molecular weight excluding hydrogens is 372 g/mol. The summed E-state index contributed by atoms with van der Waals surface area (Å²) in [6.45, 7) is 4.65. The Morgan fingerprint density at radius 2 is 0.839 bits per heavy atom. The summed E-state index contributed by atoms with van der Waals surface area (Å²) in [5.41, 5.74) is 0. The van der Waals surface area contributed by atoms with E-state index in [1.165, 1.54) is 103 Å². The Kier molecular flexibility index (Phi) is 12.4. The highest BCUT2D eigenvalue weighted by molar-refractivity contribution is 4.86. The standard InChI is InChI=1S/C20H36.C11H22/c1-2-4-7-11-17(10-6-3-1)19-14-15-20(16-19)18-12-8-5-9-13-18;1-3-5-11-8-6-10(4-2)7-9-11/h17-20H,1-16H2;10-11H,3-9H2,1-2H3. The van der Waals surface area contributed by atoms with Crippen LogP contribution in [0.2, 0.25) is 0 Å². The minimum atomic E-state index is 1.07. The predicted molar refractivity (Wildman–Crippen MR) is 138 cm³/mol. The maximum atomic E-state index is 2.34. The summed E-state index contributed by atoms with van der Waals surface area (Å²) in [4.78, 5) is 0. The highest BCUT2D eigenvalue weighted by Gasteiger charge is 2.34. The van der Waals surface area contributed by atoms with Crippen molar-refractivity contribution < 1.29 is 0 Å². The summed E-state index contributed by atoms with van der Waals surface area (Å²) < 4.78 is 0. The fourth-order valence-electron chi connectivity index (χ4n) is 7.99. The molecule has 0 nitrogen and oxygen atoms in total. The van der Waals surface area contributed by atoms with E-state index in [2.05, 4.69) is 13.8 Å². The summed E-state index contributed by atoms with van der Waals surface area (Å²) in [5.74, 6) is 6.66. The van der Waals surface area contributed by atoms with Crippen molar-refractivity contribution in [3.05, 3.63) is 0 Å². The van der Waals surface area contributed by atoms with Gasteiger partial charge >= 0.3 is 0 Å². The molecule has 0 heteroatoms. The lowest BCUT2D eigenvalue weighted by Gasteiger charge is -2.29. The van der Waals surface area contributed by atoms with Gasteiger partial charge in [0.1, 0.15) is 0 Å². The Bertz CT molecular complexity index is 415. The monoisotopic (exact) mass is 430 g/mol. The lowest BCUT2D eigenvalue weighted by molar-refractivity contribution is 0.226. The molecule has 4 saturated carbocycles. The topological polar surface area (TPSA) is 0 Å². The Balaban J connectivity index is 0.000000210. The first-order chi connectivity index (χ1) is 15.3. The first-order valence-corrected chi connectivity index (χ1v) is 15.3. The van der Waals surface area contributed by atoms with Gasteiger partial charge in [0, 0.05) is 0 Å². The predicted octanol–water partition coefficient (Wildman–Crippen LogP) is 10.7. The van der Waals surface area contributed by atoms with E-state index in [9.17, 15) is 0 Å². The van der Waals surface area contributed by atoms with Gasteiger partial charge < -0.3 is 0 Å². The molecule has 2 atom stereocenters. The quantitative estimate of drug-likeness (QED) is 0.406. The van der Waals surface area contributed by atoms with Crippen molar-refractivity contribution in [2.24, 2.45) is 35.5 Å². The third kappa shape index (κ3) is 9.04. The zero-order valence-electron chi connectivity index (χ0n) is 21.7. The van der Waals surface area contributed by atoms with Crippen LogP contribution in [0.3, 0.4) is 0 Å². The Morgan fingerprint density at radius 1 is 0.419 bits per heavy atom. The molecule has 0 saturated heterocycles. The molecular formula is C31H58. The molecule has 0 amide bonds. The molecule has 182 valence electrons. The van der Waals surface area contributed by atoms with E-state index in [1.54, 1.807) is 44.9 Å². The first kappa shape index (κ1) is 25.6. The molecule has 4 rings (SSSR count). The number of rotatable bonds is 5. The summed E-state index contributed by atoms with van der Waals surface area (Å²) in [7, 11) is 0. The largest absolute Gasteiger partial charge is 0.0654 e. The van der Waals surface area contributed by atoms with Crippen LogP contribution >= 0.6 is 0 Å². The second-order valence-electron chi connectivity index (χ2n) is 12.3. The zero-order valence-corrected chi connectivity index (χ0v) is 21.7. The van der Waals surface area contributed by atoms with Crippen molar-refractivity contribution in [2.45, 2.75) is 162 Å². The van der Waals surface area contributed by atoms with E-state index in [0.29, 0.717) is 0 Å². The van der Waals surface area contributed by atoms with E-state index >= 15 is 0 Å². The average molecular weight is 431 g/mol. The van der Waals surface area contributed by atoms with Crippen LogP contribution in [0, 0.1) is 35.5 Å². The van der Waals surface area contributed by atoms with Crippen LogP contribution in [-0.2, 0) is 0 Å². The van der Waals surface area contributed by atoms with Gasteiger partial charge in [-0.25, -0.2) is 0 Å². The van der Waals surface area contributed by atoms with Gasteiger partial charge in [0.25, 0.3) is 0 Å². The van der Waals surface area contributed by atoms with Crippen LogP contribution in [0.1, 0.15) is 162 Å². The van der Waals surface area contributed by atoms with Crippen molar-refractivity contribution in [2.75, 3.05) is 0 Å². The van der Waals surface area contributed by atoms with Crippen LogP contribution in [0.25, 0.3) is 0 Å². The highest BCUT2D eigenvalue weighted by atomic mass is 14.4. The molecule has 0 aliphatic heterocycles. The molecule has 2 unspecified atom stereocenters. The van der Waals surface area contributed by atoms with E-state index in [4.69, 9.17) is 0 Å². The van der Waals surface area contributed by atoms with Crippen molar-refractivity contribution in [1.29, 1.82) is 0 Å². The van der Waals surface area contributed by atoms with E-state index in [-0.39, 0.29) is 0 Å². The van der Waals surface area contributed by atoms with Gasteiger partial charge in [-0.1, -0.05) is 142 Å². The molecule has 0 bridgehead atoms. The molecule has 4 fully saturated rings. The summed E-state index contributed by atoms with van der Waals surface area (Å²) in [5, 5.41) is 0. The molecule has 0 aromatic carbocycles. The Morgan fingerprint density at radius 3 is 1.29 bits per heavy atom. The number of hydrogen-bond acceptors (Lipinski definition) is 0. The zero-order chi connectivity index (χ0) is 21.7. The Hall–Kier alpha value is 0. The maximum Gasteiger partial charge on any atom is -0.0383 e. The third-order valence-electron chi connectivity index (χ3n) is 10.1. The molecule has 0 radical (unpaired) electrons. The van der Waals surface area contributed by atoms with Gasteiger partial charge in [0.2, 0.25) is 0 Å². The van der Waals surface area contributed by atoms with Crippen molar-refractivity contribution in [3.8, 4) is 0 Å². The maximum absolute atomic E-state index is 2.34. The van der Waals surface area contributed by atoms with Crippen LogP contribution in [0.5, 0.6) is 0 Å². The lowest BCUT2D eigenvalue weighted by Crippen LogP contribution is -2.17. The second kappa shape index (κ2) is 15.0. The lowest BCUT2D eigenvalue weighted by atomic mass is 9.77. The number of hydrogen-bond donors (Lipinski definition) is 0. The van der Waals surface area contributed by atoms with Crippen LogP contribution < -0.4 is 0 Å². The molecule has 0 aromatic heterocycles. The highest BCUT2D eigenvalue weighted by Crippen LogP contribution is 2.46. The molecule has 0 aromatic rings. The minimum Gasteiger partial charge on any atom is -0.0654 e. The van der Waals surface area contributed by atoms with Crippen molar-refractivity contribution in [1.82, 2.24) is 0 Å². The average Bonchev–Trinajstić information content (AvgIpc) is 3.35. The molecule has 0 spiro atoms. The summed E-state index contributed by atoms with van der Waals surface area (Å²) in [6.07, 6.45) is 35.2. The van der Waals surface area contributed by atoms with Gasteiger partial charge in [0.05, 0.1) is 0 Å². The minimum absolute atomic E-state index is 1.07. The van der Waals surface area contributed by atoms with Gasteiger partial charge in [0.15, 0.2) is 0 Å². The third-order valence-corrected chi connectivity index (χ3v) is 10.1. The molecule has 0 heterocycles. The summed E-state index contributed by atoms with van der Waals surface area (Å²) in [6, 6.07) is 0. The van der Waals surface area contributed by atoms with Crippen LogP contribution in [0.15, 0.2) is 0 Å². The first-order valence-electron chi connectivity index (χ1n) is 15.3. The molecule has 4 aliphatic carbocycles. The van der Waals surface area contributed by atoms with Crippen molar-refractivity contribution >= 4 is 0 Å². The molecule has 31 heavy (non-hydrogen) atoms. The van der Waals surface area contributed by atoms with Gasteiger partial charge in [-0.15, -0.1) is 0 Å². The van der Waals surface area contributed by atoms with E-state index in [1.807, 2.05) is 0 Å². The van der Waals surface area contributed by atoms with E-state index < -0.39 is 0 Å². The van der Waals surface area contributed by atoms with Crippen LogP contribution in [0.4, 0.5) is 0 Å². The fraction of sp³-hybridized carbons (Fsp3) is 1.00. The molecule has 4 aliphatic rings. The normalized spacial score (nSPS) is 34.3. The SMILES string of the molecule is C1CCCCC(C2CCC(C3CCCCC3)C2)CCC1.CCCC1CCC(CC)CC1. The fourth-order valence-corrected chi connectivity index (χ4v) is 7.99. The van der Waals surface area contributed by atoms with Crippen LogP contribution in [-0.4, -0.2) is 0 Å². The summed E-state index contributed by atoms with van der Waals surface area (Å²) >= 11 is 0.